The molecular formula is C21H26ClNO3. The quantitative estimate of drug-likeness (QED) is 0.744. The number of hydrogen-bond acceptors (Lipinski definition) is 3. The lowest BCUT2D eigenvalue weighted by Gasteiger charge is -2.26. The van der Waals surface area contributed by atoms with Crippen LogP contribution >= 0.6 is 11.6 Å². The maximum atomic E-state index is 12.3. The van der Waals surface area contributed by atoms with E-state index in [-0.39, 0.29) is 11.3 Å². The van der Waals surface area contributed by atoms with Gasteiger partial charge in [0.2, 0.25) is 5.91 Å². The molecular weight excluding hydrogens is 350 g/mol. The minimum atomic E-state index is -0.200. The van der Waals surface area contributed by atoms with Gasteiger partial charge in [0, 0.05) is 23.4 Å². The first-order valence-electron chi connectivity index (χ1n) is 8.60. The second-order valence-corrected chi connectivity index (χ2v) is 7.26. The van der Waals surface area contributed by atoms with E-state index in [0.717, 1.165) is 11.1 Å². The Morgan fingerprint density at radius 1 is 1.12 bits per heavy atom. The summed E-state index contributed by atoms with van der Waals surface area (Å²) in [6.07, 6.45) is 0.971. The normalized spacial score (nSPS) is 11.1. The maximum Gasteiger partial charge on any atom is 0.220 e. The molecule has 0 spiro atoms. The van der Waals surface area contributed by atoms with Crippen molar-refractivity contribution in [3.8, 4) is 11.5 Å². The molecule has 1 N–H and O–H groups in total. The molecule has 1 amide bonds. The predicted octanol–water partition coefficient (Wildman–Crippen LogP) is 4.38. The first-order valence-corrected chi connectivity index (χ1v) is 8.98. The molecule has 0 aliphatic carbocycles. The van der Waals surface area contributed by atoms with Crippen molar-refractivity contribution >= 4 is 17.5 Å². The smallest absolute Gasteiger partial charge is 0.220 e. The molecule has 2 aromatic rings. The van der Waals surface area contributed by atoms with Crippen LogP contribution in [0.4, 0.5) is 0 Å². The summed E-state index contributed by atoms with van der Waals surface area (Å²) in [4.78, 5) is 12.3. The van der Waals surface area contributed by atoms with Gasteiger partial charge < -0.3 is 14.8 Å². The number of benzene rings is 2. The van der Waals surface area contributed by atoms with Crippen molar-refractivity contribution in [1.82, 2.24) is 5.32 Å². The van der Waals surface area contributed by atoms with Gasteiger partial charge in [0.05, 0.1) is 14.2 Å². The number of rotatable bonds is 8. The van der Waals surface area contributed by atoms with E-state index in [4.69, 9.17) is 21.1 Å². The van der Waals surface area contributed by atoms with E-state index in [0.29, 0.717) is 35.9 Å². The fourth-order valence-electron chi connectivity index (χ4n) is 2.82. The summed E-state index contributed by atoms with van der Waals surface area (Å²) in [6, 6.07) is 13.4. The number of para-hydroxylation sites is 1. The molecule has 0 aromatic heterocycles. The molecule has 0 unspecified atom stereocenters. The van der Waals surface area contributed by atoms with Crippen molar-refractivity contribution in [2.75, 3.05) is 20.8 Å². The van der Waals surface area contributed by atoms with Crippen molar-refractivity contribution in [3.63, 3.8) is 0 Å². The Bertz CT molecular complexity index is 759. The Morgan fingerprint density at radius 3 is 2.50 bits per heavy atom. The number of aryl methyl sites for hydroxylation is 1. The number of hydrogen-bond donors (Lipinski definition) is 1. The Morgan fingerprint density at radius 2 is 1.85 bits per heavy atom. The summed E-state index contributed by atoms with van der Waals surface area (Å²) in [7, 11) is 3.21. The summed E-state index contributed by atoms with van der Waals surface area (Å²) in [5, 5.41) is 3.72. The van der Waals surface area contributed by atoms with Gasteiger partial charge in [0.25, 0.3) is 0 Å². The Hall–Kier alpha value is -2.20. The van der Waals surface area contributed by atoms with Gasteiger partial charge in [-0.2, -0.15) is 0 Å². The second kappa shape index (κ2) is 8.95. The second-order valence-electron chi connectivity index (χ2n) is 6.82. The van der Waals surface area contributed by atoms with Gasteiger partial charge >= 0.3 is 0 Å². The lowest BCUT2D eigenvalue weighted by atomic mass is 9.84. The maximum absolute atomic E-state index is 12.3. The monoisotopic (exact) mass is 375 g/mol. The van der Waals surface area contributed by atoms with Gasteiger partial charge in [0.1, 0.15) is 0 Å². The molecule has 0 bridgehead atoms. The third-order valence-corrected chi connectivity index (χ3v) is 4.67. The fraction of sp³-hybridized carbons (Fsp3) is 0.381. The predicted molar refractivity (Wildman–Crippen MR) is 105 cm³/mol. The van der Waals surface area contributed by atoms with Crippen LogP contribution in [0.1, 0.15) is 31.4 Å². The van der Waals surface area contributed by atoms with Gasteiger partial charge in [-0.15, -0.1) is 0 Å². The lowest BCUT2D eigenvalue weighted by Crippen LogP contribution is -2.36. The molecule has 2 aromatic carbocycles. The van der Waals surface area contributed by atoms with E-state index >= 15 is 0 Å². The molecule has 26 heavy (non-hydrogen) atoms. The Kier molecular flexibility index (Phi) is 6.92. The van der Waals surface area contributed by atoms with Gasteiger partial charge in [-0.3, -0.25) is 4.79 Å². The average Bonchev–Trinajstić information content (AvgIpc) is 2.64. The van der Waals surface area contributed by atoms with E-state index in [9.17, 15) is 4.79 Å². The van der Waals surface area contributed by atoms with Crippen LogP contribution in [-0.2, 0) is 16.6 Å². The minimum Gasteiger partial charge on any atom is -0.493 e. The Labute approximate surface area is 160 Å². The highest BCUT2D eigenvalue weighted by Gasteiger charge is 2.21. The number of methoxy groups -OCH3 is 2. The zero-order valence-electron chi connectivity index (χ0n) is 15.8. The topological polar surface area (TPSA) is 47.6 Å². The third-order valence-electron chi connectivity index (χ3n) is 4.44. The molecule has 2 rings (SSSR count). The van der Waals surface area contributed by atoms with Crippen LogP contribution in [0.15, 0.2) is 42.5 Å². The first kappa shape index (κ1) is 20.1. The number of carbonyl (C=O) groups is 1. The summed E-state index contributed by atoms with van der Waals surface area (Å²) in [5.41, 5.74) is 1.85. The van der Waals surface area contributed by atoms with Crippen molar-refractivity contribution < 1.29 is 14.3 Å². The van der Waals surface area contributed by atoms with Gasteiger partial charge in [-0.05, 0) is 35.7 Å². The van der Waals surface area contributed by atoms with Crippen LogP contribution in [0, 0.1) is 0 Å². The zero-order valence-corrected chi connectivity index (χ0v) is 16.5. The summed E-state index contributed by atoms with van der Waals surface area (Å²) >= 11 is 6.07. The first-order chi connectivity index (χ1) is 12.4. The summed E-state index contributed by atoms with van der Waals surface area (Å²) in [5.74, 6) is 1.36. The molecule has 0 radical (unpaired) electrons. The largest absolute Gasteiger partial charge is 0.493 e. The summed E-state index contributed by atoms with van der Waals surface area (Å²) < 4.78 is 10.7. The highest BCUT2D eigenvalue weighted by atomic mass is 35.5. The van der Waals surface area contributed by atoms with Gasteiger partial charge in [0.15, 0.2) is 11.5 Å². The van der Waals surface area contributed by atoms with Crippen LogP contribution in [0.5, 0.6) is 11.5 Å². The minimum absolute atomic E-state index is 0.00461. The summed E-state index contributed by atoms with van der Waals surface area (Å²) in [6.45, 7) is 4.72. The lowest BCUT2D eigenvalue weighted by molar-refractivity contribution is -0.121. The number of halogens is 1. The molecule has 0 aliphatic heterocycles. The van der Waals surface area contributed by atoms with Crippen molar-refractivity contribution in [2.24, 2.45) is 0 Å². The number of nitrogens with one attached hydrogen (secondary N) is 1. The highest BCUT2D eigenvalue weighted by Crippen LogP contribution is 2.31. The van der Waals surface area contributed by atoms with Crippen molar-refractivity contribution in [3.05, 3.63) is 58.6 Å². The molecule has 0 aliphatic rings. The van der Waals surface area contributed by atoms with Crippen LogP contribution in [0.3, 0.4) is 0 Å². The van der Waals surface area contributed by atoms with Crippen LogP contribution in [0.25, 0.3) is 0 Å². The molecule has 4 nitrogen and oxygen atoms in total. The molecule has 5 heteroatoms. The molecule has 0 atom stereocenters. The molecule has 0 fully saturated rings. The van der Waals surface area contributed by atoms with E-state index in [1.165, 1.54) is 0 Å². The fourth-order valence-corrected chi connectivity index (χ4v) is 3.01. The van der Waals surface area contributed by atoms with Crippen LogP contribution in [-0.4, -0.2) is 26.7 Å². The van der Waals surface area contributed by atoms with E-state index in [1.54, 1.807) is 14.2 Å². The molecule has 0 saturated heterocycles. The standard InChI is InChI=1S/C21H26ClNO3/c1-21(2,16-8-6-9-17(22)13-16)14-23-19(24)12-11-15-7-5-10-18(25-3)20(15)26-4/h5-10,13H,11-12,14H2,1-4H3,(H,23,24). The van der Waals surface area contributed by atoms with Crippen molar-refractivity contribution in [2.45, 2.75) is 32.1 Å². The Balaban J connectivity index is 1.93. The molecule has 0 heterocycles. The highest BCUT2D eigenvalue weighted by molar-refractivity contribution is 6.30. The van der Waals surface area contributed by atoms with E-state index in [1.807, 2.05) is 42.5 Å². The van der Waals surface area contributed by atoms with Crippen molar-refractivity contribution in [1.29, 1.82) is 0 Å². The van der Waals surface area contributed by atoms with Crippen LogP contribution in [0.2, 0.25) is 5.02 Å². The SMILES string of the molecule is COc1cccc(CCC(=O)NCC(C)(C)c2cccc(Cl)c2)c1OC. The van der Waals surface area contributed by atoms with Crippen LogP contribution < -0.4 is 14.8 Å². The van der Waals surface area contributed by atoms with Gasteiger partial charge in [-0.25, -0.2) is 0 Å². The third kappa shape index (κ3) is 5.15. The number of ether oxygens (including phenoxy) is 2. The number of carbonyl (C=O) groups excluding carboxylic acids is 1. The number of amides is 1. The van der Waals surface area contributed by atoms with Gasteiger partial charge in [-0.1, -0.05) is 49.7 Å². The molecule has 140 valence electrons. The van der Waals surface area contributed by atoms with E-state index < -0.39 is 0 Å². The van der Waals surface area contributed by atoms with E-state index in [2.05, 4.69) is 19.2 Å². The zero-order chi connectivity index (χ0) is 19.2. The molecule has 0 saturated carbocycles. The average molecular weight is 376 g/mol.